The molecule has 0 unspecified atom stereocenters. The van der Waals surface area contributed by atoms with Crippen LogP contribution in [0.1, 0.15) is 82.9 Å². The van der Waals surface area contributed by atoms with E-state index in [9.17, 15) is 14.4 Å². The van der Waals surface area contributed by atoms with Crippen molar-refractivity contribution in [3.63, 3.8) is 0 Å². The molecule has 3 amide bonds. The Morgan fingerprint density at radius 3 is 2.21 bits per heavy atom. The summed E-state index contributed by atoms with van der Waals surface area (Å²) in [7, 11) is 0. The molecule has 1 saturated carbocycles. The van der Waals surface area contributed by atoms with Crippen LogP contribution in [0.2, 0.25) is 0 Å². The fourth-order valence-corrected chi connectivity index (χ4v) is 6.30. The molecule has 0 aromatic heterocycles. The minimum absolute atomic E-state index is 0.0170. The van der Waals surface area contributed by atoms with E-state index in [2.05, 4.69) is 10.3 Å². The number of amides is 3. The molecule has 3 heterocycles. The smallest absolute Gasteiger partial charge is 0.409 e. The van der Waals surface area contributed by atoms with Crippen LogP contribution in [0.4, 0.5) is 14.9 Å². The second kappa shape index (κ2) is 11.9. The lowest BCUT2D eigenvalue weighted by molar-refractivity contribution is -0.132. The van der Waals surface area contributed by atoms with Gasteiger partial charge in [0.15, 0.2) is 0 Å². The van der Waals surface area contributed by atoms with E-state index in [1.165, 1.54) is 11.0 Å². The van der Waals surface area contributed by atoms with Gasteiger partial charge in [0.1, 0.15) is 18.0 Å². The van der Waals surface area contributed by atoms with Gasteiger partial charge in [-0.3, -0.25) is 19.8 Å². The van der Waals surface area contributed by atoms with Crippen molar-refractivity contribution in [3.8, 4) is 0 Å². The van der Waals surface area contributed by atoms with Crippen molar-refractivity contribution in [1.82, 2.24) is 10.2 Å². The third kappa shape index (κ3) is 6.35. The number of fused-ring (bicyclic) bond motifs is 5. The van der Waals surface area contributed by atoms with Crippen molar-refractivity contribution in [1.29, 1.82) is 0 Å². The third-order valence-electron chi connectivity index (χ3n) is 8.32. The maximum Gasteiger partial charge on any atom is 0.409 e. The van der Waals surface area contributed by atoms with E-state index in [0.717, 1.165) is 31.2 Å². The normalized spacial score (nSPS) is 22.3. The first-order valence-corrected chi connectivity index (χ1v) is 15.0. The number of carbonyl (C=O) groups is 3. The molecule has 0 spiro atoms. The van der Waals surface area contributed by atoms with E-state index in [1.807, 2.05) is 30.9 Å². The summed E-state index contributed by atoms with van der Waals surface area (Å²) in [6.45, 7) is 10.3. The van der Waals surface area contributed by atoms with Crippen LogP contribution in [0, 0.1) is 17.7 Å². The number of anilines is 1. The molecule has 1 N–H and O–H groups in total. The first-order chi connectivity index (χ1) is 19.9. The van der Waals surface area contributed by atoms with Crippen LogP contribution in [0.5, 0.6) is 0 Å². The second-order valence-electron chi connectivity index (χ2n) is 13.0. The number of benzodiazepines with no additional fused rings is 1. The molecule has 2 bridgehead atoms. The highest BCUT2D eigenvalue weighted by atomic mass is 19.1. The molecule has 2 aromatic carbocycles. The van der Waals surface area contributed by atoms with Gasteiger partial charge in [-0.15, -0.1) is 0 Å². The van der Waals surface area contributed by atoms with Gasteiger partial charge < -0.3 is 9.64 Å². The van der Waals surface area contributed by atoms with Gasteiger partial charge in [0, 0.05) is 24.2 Å². The van der Waals surface area contributed by atoms with Gasteiger partial charge in [-0.1, -0.05) is 44.2 Å². The number of aliphatic imine (C=N–C) groups is 1. The lowest BCUT2D eigenvalue weighted by Crippen LogP contribution is -2.52. The van der Waals surface area contributed by atoms with Crippen molar-refractivity contribution in [2.24, 2.45) is 16.8 Å². The Hall–Kier alpha value is -3.75. The Bertz CT molecular complexity index is 1380. The van der Waals surface area contributed by atoms with E-state index in [4.69, 9.17) is 4.74 Å². The summed E-state index contributed by atoms with van der Waals surface area (Å²) in [5.74, 6) is -0.293. The molecule has 6 rings (SSSR count). The maximum absolute atomic E-state index is 15.3. The molecule has 3 fully saturated rings. The largest absolute Gasteiger partial charge is 0.444 e. The SMILES string of the molecule is CC(C)c1cccc2c1N(CC(=O)N1CC3CCC(CC3)C1)C(=O)[C@@H](NC(=O)OC(C)(C)C)N=C2c1ccccc1F. The van der Waals surface area contributed by atoms with Gasteiger partial charge in [-0.2, -0.15) is 0 Å². The van der Waals surface area contributed by atoms with E-state index < -0.39 is 29.6 Å². The van der Waals surface area contributed by atoms with E-state index in [-0.39, 0.29) is 29.6 Å². The number of hydrogen-bond acceptors (Lipinski definition) is 5. The first-order valence-electron chi connectivity index (χ1n) is 15.0. The minimum Gasteiger partial charge on any atom is -0.444 e. The van der Waals surface area contributed by atoms with Crippen molar-refractivity contribution in [2.75, 3.05) is 24.5 Å². The number of nitrogens with one attached hydrogen (secondary N) is 1. The molecule has 2 saturated heterocycles. The lowest BCUT2D eigenvalue weighted by Gasteiger charge is -2.31. The summed E-state index contributed by atoms with van der Waals surface area (Å²) in [4.78, 5) is 49.2. The molecule has 3 aliphatic heterocycles. The standard InChI is InChI=1S/C33H41FN4O4/c1-20(2)23-10-8-11-25-28(24-9-6-7-12-26(24)34)35-30(36-32(41)42-33(3,4)5)31(40)38(29(23)25)19-27(39)37-17-21-13-14-22(18-37)16-15-21/h6-12,20-22,30H,13-19H2,1-5H3,(H,36,41)/t21?,22?,30-/m1/s1. The quantitative estimate of drug-likeness (QED) is 0.499. The van der Waals surface area contributed by atoms with Crippen molar-refractivity contribution >= 4 is 29.3 Å². The summed E-state index contributed by atoms with van der Waals surface area (Å²) < 4.78 is 20.7. The number of nitrogens with zero attached hydrogens (tertiary/aromatic N) is 3. The molecule has 4 aliphatic rings. The minimum atomic E-state index is -1.44. The van der Waals surface area contributed by atoms with Crippen molar-refractivity contribution in [3.05, 3.63) is 65.0 Å². The molecule has 9 heteroatoms. The fraction of sp³-hybridized carbons (Fsp3) is 0.515. The average Bonchev–Trinajstić information content (AvgIpc) is 3.31. The molecular formula is C33H41FN4O4. The zero-order valence-corrected chi connectivity index (χ0v) is 25.2. The van der Waals surface area contributed by atoms with Crippen molar-refractivity contribution in [2.45, 2.75) is 78.0 Å². The van der Waals surface area contributed by atoms with Gasteiger partial charge in [0.05, 0.1) is 11.4 Å². The van der Waals surface area contributed by atoms with Crippen LogP contribution in [0.3, 0.4) is 0 Å². The predicted molar refractivity (Wildman–Crippen MR) is 160 cm³/mol. The number of halogens is 1. The van der Waals surface area contributed by atoms with Crippen LogP contribution < -0.4 is 10.2 Å². The highest BCUT2D eigenvalue weighted by molar-refractivity contribution is 6.21. The molecular weight excluding hydrogens is 535 g/mol. The lowest BCUT2D eigenvalue weighted by atomic mass is 9.84. The van der Waals surface area contributed by atoms with E-state index in [0.29, 0.717) is 36.2 Å². The molecule has 224 valence electrons. The number of para-hydroxylation sites is 1. The number of alkyl carbamates (subject to hydrolysis) is 1. The van der Waals surface area contributed by atoms with E-state index >= 15 is 4.39 Å². The van der Waals surface area contributed by atoms with Gasteiger partial charge in [-0.25, -0.2) is 14.2 Å². The van der Waals surface area contributed by atoms with Crippen LogP contribution in [0.25, 0.3) is 0 Å². The topological polar surface area (TPSA) is 91.3 Å². The summed E-state index contributed by atoms with van der Waals surface area (Å²) in [5.41, 5.74) is 1.47. The number of benzene rings is 2. The number of ether oxygens (including phenoxy) is 1. The van der Waals surface area contributed by atoms with Gasteiger partial charge in [0.2, 0.25) is 12.1 Å². The second-order valence-corrected chi connectivity index (χ2v) is 13.0. The molecule has 1 aliphatic carbocycles. The molecule has 8 nitrogen and oxygen atoms in total. The van der Waals surface area contributed by atoms with Crippen LogP contribution in [-0.2, 0) is 14.3 Å². The third-order valence-corrected chi connectivity index (χ3v) is 8.32. The Morgan fingerprint density at radius 2 is 1.62 bits per heavy atom. The molecule has 1 atom stereocenters. The predicted octanol–water partition coefficient (Wildman–Crippen LogP) is 5.63. The van der Waals surface area contributed by atoms with Crippen LogP contribution in [-0.4, -0.2) is 59.9 Å². The van der Waals surface area contributed by atoms with Gasteiger partial charge in [-0.05, 0) is 81.9 Å². The molecule has 0 radical (unpaired) electrons. The Labute approximate surface area is 247 Å². The van der Waals surface area contributed by atoms with Gasteiger partial charge >= 0.3 is 6.09 Å². The Kier molecular flexibility index (Phi) is 8.39. The summed E-state index contributed by atoms with van der Waals surface area (Å²) in [6, 6.07) is 11.8. The van der Waals surface area contributed by atoms with Crippen LogP contribution in [0.15, 0.2) is 47.5 Å². The van der Waals surface area contributed by atoms with Gasteiger partial charge in [0.25, 0.3) is 5.91 Å². The number of carbonyl (C=O) groups excluding carboxylic acids is 3. The number of hydrogen-bond donors (Lipinski definition) is 1. The zero-order chi connectivity index (χ0) is 30.2. The average molecular weight is 577 g/mol. The summed E-state index contributed by atoms with van der Waals surface area (Å²) in [6.07, 6.45) is 2.23. The monoisotopic (exact) mass is 576 g/mol. The molecule has 42 heavy (non-hydrogen) atoms. The Balaban J connectivity index is 1.61. The zero-order valence-electron chi connectivity index (χ0n) is 25.2. The number of rotatable bonds is 5. The fourth-order valence-electron chi connectivity index (χ4n) is 6.30. The summed E-state index contributed by atoms with van der Waals surface area (Å²) >= 11 is 0. The summed E-state index contributed by atoms with van der Waals surface area (Å²) in [5, 5.41) is 2.60. The highest BCUT2D eigenvalue weighted by Gasteiger charge is 2.39. The molecule has 2 aromatic rings. The van der Waals surface area contributed by atoms with E-state index in [1.54, 1.807) is 45.0 Å². The van der Waals surface area contributed by atoms with Crippen LogP contribution >= 0.6 is 0 Å². The maximum atomic E-state index is 15.3. The Morgan fingerprint density at radius 1 is 1.00 bits per heavy atom. The highest BCUT2D eigenvalue weighted by Crippen LogP contribution is 2.37. The van der Waals surface area contributed by atoms with Crippen molar-refractivity contribution < 1.29 is 23.5 Å². The first kappa shape index (κ1) is 29.7.